The third-order valence-electron chi connectivity index (χ3n) is 3.47. The van der Waals surface area contributed by atoms with Crippen LogP contribution in [-0.2, 0) is 4.79 Å². The Hall–Kier alpha value is -0.410. The molecule has 0 aliphatic carbocycles. The van der Waals surface area contributed by atoms with Crippen molar-refractivity contribution < 1.29 is 9.90 Å². The van der Waals surface area contributed by atoms with Crippen molar-refractivity contribution in [3.63, 3.8) is 0 Å². The Bertz CT molecular complexity index is 218. The topological polar surface area (TPSA) is 49.3 Å². The molecule has 0 amide bonds. The van der Waals surface area contributed by atoms with E-state index in [1.807, 2.05) is 13.8 Å². The monoisotopic (exact) mass is 227 g/mol. The van der Waals surface area contributed by atoms with Crippen LogP contribution in [0.25, 0.3) is 0 Å². The van der Waals surface area contributed by atoms with Gasteiger partial charge < -0.3 is 10.4 Å². The maximum absolute atomic E-state index is 11.4. The molecular formula is C13H25NO2. The molecule has 1 saturated heterocycles. The summed E-state index contributed by atoms with van der Waals surface area (Å²) < 4.78 is 0. The first-order valence-corrected chi connectivity index (χ1v) is 6.61. The summed E-state index contributed by atoms with van der Waals surface area (Å²) in [5.74, 6) is 0.342. The molecule has 1 rings (SSSR count). The molecule has 0 radical (unpaired) electrons. The zero-order chi connectivity index (χ0) is 12.0. The lowest BCUT2D eigenvalue weighted by atomic mass is 9.91. The number of carbonyl (C=O) groups excluding carboxylic acids is 1. The third-order valence-corrected chi connectivity index (χ3v) is 3.47. The van der Waals surface area contributed by atoms with E-state index in [-0.39, 0.29) is 6.10 Å². The van der Waals surface area contributed by atoms with Crippen LogP contribution in [0.5, 0.6) is 0 Å². The second-order valence-corrected chi connectivity index (χ2v) is 4.89. The van der Waals surface area contributed by atoms with Crippen LogP contribution in [0.2, 0.25) is 0 Å². The molecule has 16 heavy (non-hydrogen) atoms. The van der Waals surface area contributed by atoms with Crippen LogP contribution < -0.4 is 5.32 Å². The van der Waals surface area contributed by atoms with E-state index in [2.05, 4.69) is 5.32 Å². The van der Waals surface area contributed by atoms with E-state index in [9.17, 15) is 9.90 Å². The van der Waals surface area contributed by atoms with Gasteiger partial charge in [0, 0.05) is 24.9 Å². The summed E-state index contributed by atoms with van der Waals surface area (Å²) in [6.45, 7) is 3.93. The number of hydrogen-bond acceptors (Lipinski definition) is 3. The molecule has 3 heteroatoms. The molecule has 1 aliphatic heterocycles. The highest BCUT2D eigenvalue weighted by Gasteiger charge is 2.23. The minimum atomic E-state index is -0.196. The molecule has 3 atom stereocenters. The fraction of sp³-hybridized carbons (Fsp3) is 0.923. The van der Waals surface area contributed by atoms with Crippen molar-refractivity contribution in [3.05, 3.63) is 0 Å². The molecule has 94 valence electrons. The van der Waals surface area contributed by atoms with Crippen molar-refractivity contribution in [2.75, 3.05) is 0 Å². The van der Waals surface area contributed by atoms with Gasteiger partial charge in [-0.15, -0.1) is 0 Å². The minimum Gasteiger partial charge on any atom is -0.393 e. The van der Waals surface area contributed by atoms with Crippen LogP contribution in [-0.4, -0.2) is 29.1 Å². The molecule has 1 fully saturated rings. The summed E-state index contributed by atoms with van der Waals surface area (Å²) >= 11 is 0. The highest BCUT2D eigenvalue weighted by molar-refractivity contribution is 5.78. The fourth-order valence-corrected chi connectivity index (χ4v) is 2.37. The van der Waals surface area contributed by atoms with Crippen molar-refractivity contribution in [2.45, 2.75) is 77.0 Å². The van der Waals surface area contributed by atoms with Crippen molar-refractivity contribution in [1.29, 1.82) is 0 Å². The van der Waals surface area contributed by atoms with E-state index in [4.69, 9.17) is 0 Å². The molecule has 0 aromatic rings. The Labute approximate surface area is 98.6 Å². The van der Waals surface area contributed by atoms with E-state index in [0.717, 1.165) is 25.7 Å². The summed E-state index contributed by atoms with van der Waals surface area (Å²) in [5, 5.41) is 13.1. The SMILES string of the molecule is CCC(=O)CC1CCCC(CC(O)CC)N1. The van der Waals surface area contributed by atoms with E-state index in [1.54, 1.807) is 0 Å². The molecule has 3 unspecified atom stereocenters. The number of ketones is 1. The molecular weight excluding hydrogens is 202 g/mol. The van der Waals surface area contributed by atoms with Crippen molar-refractivity contribution in [3.8, 4) is 0 Å². The molecule has 0 aromatic carbocycles. The van der Waals surface area contributed by atoms with Crippen molar-refractivity contribution >= 4 is 5.78 Å². The van der Waals surface area contributed by atoms with Crippen LogP contribution in [0.3, 0.4) is 0 Å². The average molecular weight is 227 g/mol. The number of nitrogens with one attached hydrogen (secondary N) is 1. The number of Topliss-reactive ketones (excluding diaryl/α,β-unsaturated/α-hetero) is 1. The first-order chi connectivity index (χ1) is 7.65. The van der Waals surface area contributed by atoms with Crippen molar-refractivity contribution in [2.24, 2.45) is 0 Å². The van der Waals surface area contributed by atoms with Gasteiger partial charge in [-0.05, 0) is 25.7 Å². The van der Waals surface area contributed by atoms with Gasteiger partial charge >= 0.3 is 0 Å². The number of carbonyl (C=O) groups is 1. The summed E-state index contributed by atoms with van der Waals surface area (Å²) in [7, 11) is 0. The van der Waals surface area contributed by atoms with E-state index >= 15 is 0 Å². The second kappa shape index (κ2) is 7.02. The van der Waals surface area contributed by atoms with Gasteiger partial charge in [-0.25, -0.2) is 0 Å². The zero-order valence-electron chi connectivity index (χ0n) is 10.5. The Morgan fingerprint density at radius 2 is 2.06 bits per heavy atom. The lowest BCUT2D eigenvalue weighted by Gasteiger charge is -2.31. The Morgan fingerprint density at radius 3 is 2.69 bits per heavy atom. The lowest BCUT2D eigenvalue weighted by Crippen LogP contribution is -2.44. The lowest BCUT2D eigenvalue weighted by molar-refractivity contribution is -0.119. The number of hydrogen-bond donors (Lipinski definition) is 2. The summed E-state index contributed by atoms with van der Waals surface area (Å²) in [6.07, 6.45) is 6.16. The van der Waals surface area contributed by atoms with E-state index < -0.39 is 0 Å². The number of rotatable bonds is 6. The van der Waals surface area contributed by atoms with Crippen LogP contribution in [0.15, 0.2) is 0 Å². The minimum absolute atomic E-state index is 0.196. The normalized spacial score (nSPS) is 27.7. The van der Waals surface area contributed by atoms with E-state index in [1.165, 1.54) is 6.42 Å². The maximum Gasteiger partial charge on any atom is 0.134 e. The third kappa shape index (κ3) is 4.62. The van der Waals surface area contributed by atoms with Gasteiger partial charge in [0.05, 0.1) is 6.10 Å². The van der Waals surface area contributed by atoms with Gasteiger partial charge in [0.1, 0.15) is 5.78 Å². The van der Waals surface area contributed by atoms with Crippen LogP contribution in [0.4, 0.5) is 0 Å². The standard InChI is InChI=1S/C13H25NO2/c1-3-12(15)8-10-6-5-7-11(14-10)9-13(16)4-2/h10-12,14-15H,3-9H2,1-2H3. The van der Waals surface area contributed by atoms with Crippen LogP contribution in [0, 0.1) is 0 Å². The largest absolute Gasteiger partial charge is 0.393 e. The average Bonchev–Trinajstić information content (AvgIpc) is 2.29. The van der Waals surface area contributed by atoms with Crippen LogP contribution >= 0.6 is 0 Å². The van der Waals surface area contributed by atoms with E-state index in [0.29, 0.717) is 30.7 Å². The number of aliphatic hydroxyl groups excluding tert-OH is 1. The molecule has 1 heterocycles. The molecule has 0 spiro atoms. The van der Waals surface area contributed by atoms with Crippen molar-refractivity contribution in [1.82, 2.24) is 5.32 Å². The molecule has 2 N–H and O–H groups in total. The Morgan fingerprint density at radius 1 is 1.38 bits per heavy atom. The maximum atomic E-state index is 11.4. The number of piperidine rings is 1. The molecule has 0 bridgehead atoms. The first kappa shape index (κ1) is 13.7. The Kier molecular flexibility index (Phi) is 5.99. The van der Waals surface area contributed by atoms with Gasteiger partial charge in [-0.1, -0.05) is 20.3 Å². The highest BCUT2D eigenvalue weighted by Crippen LogP contribution is 2.19. The molecule has 1 aliphatic rings. The molecule has 0 aromatic heterocycles. The number of aliphatic hydroxyl groups is 1. The molecule has 3 nitrogen and oxygen atoms in total. The summed E-state index contributed by atoms with van der Waals surface area (Å²) in [4.78, 5) is 11.4. The quantitative estimate of drug-likeness (QED) is 0.730. The predicted molar refractivity (Wildman–Crippen MR) is 65.4 cm³/mol. The summed E-state index contributed by atoms with van der Waals surface area (Å²) in [6, 6.07) is 0.744. The van der Waals surface area contributed by atoms with Gasteiger partial charge in [-0.3, -0.25) is 4.79 Å². The second-order valence-electron chi connectivity index (χ2n) is 4.89. The highest BCUT2D eigenvalue weighted by atomic mass is 16.3. The fourth-order valence-electron chi connectivity index (χ4n) is 2.37. The Balaban J connectivity index is 2.32. The molecule has 0 saturated carbocycles. The van der Waals surface area contributed by atoms with Gasteiger partial charge in [0.25, 0.3) is 0 Å². The predicted octanol–water partition coefficient (Wildman–Crippen LogP) is 2.03. The first-order valence-electron chi connectivity index (χ1n) is 6.61. The van der Waals surface area contributed by atoms with Gasteiger partial charge in [0.2, 0.25) is 0 Å². The van der Waals surface area contributed by atoms with Crippen LogP contribution in [0.1, 0.15) is 58.8 Å². The van der Waals surface area contributed by atoms with Gasteiger partial charge in [-0.2, -0.15) is 0 Å². The smallest absolute Gasteiger partial charge is 0.134 e. The zero-order valence-corrected chi connectivity index (χ0v) is 10.5. The summed E-state index contributed by atoms with van der Waals surface area (Å²) in [5.41, 5.74) is 0. The van der Waals surface area contributed by atoms with Gasteiger partial charge in [0.15, 0.2) is 0 Å².